The van der Waals surface area contributed by atoms with Crippen LogP contribution in [0.2, 0.25) is 0 Å². The van der Waals surface area contributed by atoms with E-state index in [1.807, 2.05) is 6.92 Å². The van der Waals surface area contributed by atoms with E-state index in [-0.39, 0.29) is 16.3 Å². The van der Waals surface area contributed by atoms with Crippen molar-refractivity contribution in [3.8, 4) is 22.9 Å². The summed E-state index contributed by atoms with van der Waals surface area (Å²) in [6, 6.07) is 11.3. The van der Waals surface area contributed by atoms with Gasteiger partial charge < -0.3 is 14.5 Å². The largest absolute Gasteiger partial charge is 0.494 e. The normalized spacial score (nSPS) is 11.6. The molecule has 0 amide bonds. The lowest BCUT2D eigenvalue weighted by atomic mass is 10.1. The Kier molecular flexibility index (Phi) is 10.6. The molecule has 0 bridgehead atoms. The molecule has 0 aliphatic rings. The van der Waals surface area contributed by atoms with E-state index in [0.717, 1.165) is 32.1 Å². The fourth-order valence-electron chi connectivity index (χ4n) is 4.72. The Labute approximate surface area is 247 Å². The number of unbranched alkanes of at least 4 members (excludes halogenated alkanes) is 5. The Hall–Kier alpha value is -3.86. The van der Waals surface area contributed by atoms with Crippen LogP contribution >= 0.6 is 0 Å². The standard InChI is InChI=1S/C31H41N5O5S/c1-5-8-10-11-12-13-28-32-22(4)29-31(37)33-30(34-36(28)29)26-21-25(18-19-27(26)40-7-3)42(38,39)35-23-14-16-24(17-15-23)41-20-9-6-2/h14-19,21,35H,5-13,20H2,1-4H3,(H,33,34,37). The van der Waals surface area contributed by atoms with Crippen LogP contribution in [0, 0.1) is 6.92 Å². The van der Waals surface area contributed by atoms with Crippen LogP contribution in [0.4, 0.5) is 5.69 Å². The Morgan fingerprint density at radius 2 is 1.67 bits per heavy atom. The third kappa shape index (κ3) is 7.50. The zero-order valence-electron chi connectivity index (χ0n) is 24.9. The first-order valence-corrected chi connectivity index (χ1v) is 16.3. The van der Waals surface area contributed by atoms with Gasteiger partial charge >= 0.3 is 0 Å². The molecule has 42 heavy (non-hydrogen) atoms. The molecule has 226 valence electrons. The van der Waals surface area contributed by atoms with E-state index >= 15 is 0 Å². The lowest BCUT2D eigenvalue weighted by molar-refractivity contribution is 0.309. The van der Waals surface area contributed by atoms with Crippen LogP contribution in [0.15, 0.2) is 52.2 Å². The van der Waals surface area contributed by atoms with Gasteiger partial charge in [-0.15, -0.1) is 5.10 Å². The lowest BCUT2D eigenvalue weighted by Crippen LogP contribution is -2.17. The van der Waals surface area contributed by atoms with Gasteiger partial charge in [-0.2, -0.15) is 0 Å². The third-order valence-corrected chi connectivity index (χ3v) is 8.32. The number of imidazole rings is 1. The Balaban J connectivity index is 1.66. The fourth-order valence-corrected chi connectivity index (χ4v) is 5.80. The van der Waals surface area contributed by atoms with E-state index in [9.17, 15) is 13.2 Å². The number of ether oxygens (including phenoxy) is 2. The summed E-state index contributed by atoms with van der Waals surface area (Å²) in [5.41, 5.74) is 1.40. The van der Waals surface area contributed by atoms with Crippen molar-refractivity contribution in [2.75, 3.05) is 17.9 Å². The highest BCUT2D eigenvalue weighted by Crippen LogP contribution is 2.31. The number of aromatic amines is 1. The Morgan fingerprint density at radius 1 is 0.929 bits per heavy atom. The molecule has 0 radical (unpaired) electrons. The summed E-state index contributed by atoms with van der Waals surface area (Å²) in [5, 5.41) is 4.72. The average Bonchev–Trinajstić information content (AvgIpc) is 3.29. The highest BCUT2D eigenvalue weighted by molar-refractivity contribution is 7.92. The van der Waals surface area contributed by atoms with Gasteiger partial charge in [0.05, 0.1) is 29.4 Å². The quantitative estimate of drug-likeness (QED) is 0.146. The van der Waals surface area contributed by atoms with Gasteiger partial charge in [-0.25, -0.2) is 17.9 Å². The SMILES string of the molecule is CCCCCCCc1nc(C)c2c(=O)[nH]c(-c3cc(S(=O)(=O)Nc4ccc(OCCCC)cc4)ccc3OCC)nn12. The number of sulfonamides is 1. The molecular formula is C31H41N5O5S. The van der Waals surface area contributed by atoms with Crippen molar-refractivity contribution in [1.29, 1.82) is 0 Å². The van der Waals surface area contributed by atoms with Crippen molar-refractivity contribution in [2.24, 2.45) is 0 Å². The number of fused-ring (bicyclic) bond motifs is 1. The summed E-state index contributed by atoms with van der Waals surface area (Å²) in [4.78, 5) is 20.6. The van der Waals surface area contributed by atoms with Crippen molar-refractivity contribution in [2.45, 2.75) is 84.0 Å². The van der Waals surface area contributed by atoms with E-state index in [2.05, 4.69) is 28.5 Å². The number of H-pyrrole nitrogens is 1. The van der Waals surface area contributed by atoms with Crippen LogP contribution < -0.4 is 19.8 Å². The zero-order chi connectivity index (χ0) is 30.1. The van der Waals surface area contributed by atoms with Crippen molar-refractivity contribution in [1.82, 2.24) is 19.6 Å². The number of hydrogen-bond acceptors (Lipinski definition) is 7. The summed E-state index contributed by atoms with van der Waals surface area (Å²) < 4.78 is 42.5. The van der Waals surface area contributed by atoms with Crippen molar-refractivity contribution >= 4 is 21.2 Å². The van der Waals surface area contributed by atoms with Gasteiger partial charge in [0, 0.05) is 12.1 Å². The van der Waals surface area contributed by atoms with E-state index in [1.165, 1.54) is 25.0 Å². The van der Waals surface area contributed by atoms with Gasteiger partial charge in [0.1, 0.15) is 17.3 Å². The minimum Gasteiger partial charge on any atom is -0.494 e. The van der Waals surface area contributed by atoms with Gasteiger partial charge in [0.15, 0.2) is 11.3 Å². The van der Waals surface area contributed by atoms with Gasteiger partial charge in [-0.1, -0.05) is 46.0 Å². The number of anilines is 1. The number of benzene rings is 2. The maximum atomic E-state index is 13.4. The zero-order valence-corrected chi connectivity index (χ0v) is 25.7. The van der Waals surface area contributed by atoms with Gasteiger partial charge in [-0.05, 0) is 69.2 Å². The molecule has 0 aliphatic heterocycles. The van der Waals surface area contributed by atoms with Gasteiger partial charge in [-0.3, -0.25) is 9.52 Å². The second-order valence-corrected chi connectivity index (χ2v) is 11.9. The van der Waals surface area contributed by atoms with Crippen LogP contribution in [-0.2, 0) is 16.4 Å². The Morgan fingerprint density at radius 3 is 2.38 bits per heavy atom. The molecule has 2 N–H and O–H groups in total. The molecule has 2 aromatic carbocycles. The molecule has 0 unspecified atom stereocenters. The summed E-state index contributed by atoms with van der Waals surface area (Å²) in [7, 11) is -3.97. The molecule has 0 atom stereocenters. The second kappa shape index (κ2) is 14.4. The van der Waals surface area contributed by atoms with Crippen LogP contribution in [0.25, 0.3) is 16.9 Å². The molecule has 0 spiro atoms. The molecule has 11 heteroatoms. The molecule has 0 aliphatic carbocycles. The lowest BCUT2D eigenvalue weighted by Gasteiger charge is -2.14. The first kappa shape index (κ1) is 31.1. The average molecular weight is 596 g/mol. The van der Waals surface area contributed by atoms with Crippen LogP contribution in [-0.4, -0.2) is 41.2 Å². The van der Waals surface area contributed by atoms with E-state index in [4.69, 9.17) is 14.6 Å². The topological polar surface area (TPSA) is 128 Å². The fraction of sp³-hybridized carbons (Fsp3) is 0.452. The van der Waals surface area contributed by atoms with E-state index in [1.54, 1.807) is 41.8 Å². The third-order valence-electron chi connectivity index (χ3n) is 6.94. The predicted octanol–water partition coefficient (Wildman–Crippen LogP) is 6.28. The summed E-state index contributed by atoms with van der Waals surface area (Å²) in [5.74, 6) is 1.99. The highest BCUT2D eigenvalue weighted by Gasteiger charge is 2.21. The molecule has 4 aromatic rings. The number of hydrogen-bond donors (Lipinski definition) is 2. The van der Waals surface area contributed by atoms with E-state index in [0.29, 0.717) is 59.4 Å². The highest BCUT2D eigenvalue weighted by atomic mass is 32.2. The number of nitrogens with one attached hydrogen (secondary N) is 2. The maximum absolute atomic E-state index is 13.4. The first-order chi connectivity index (χ1) is 20.3. The monoisotopic (exact) mass is 595 g/mol. The van der Waals surface area contributed by atoms with E-state index < -0.39 is 10.0 Å². The number of nitrogens with zero attached hydrogens (tertiary/aromatic N) is 3. The van der Waals surface area contributed by atoms with Gasteiger partial charge in [0.25, 0.3) is 15.6 Å². The molecule has 0 fully saturated rings. The second-order valence-electron chi connectivity index (χ2n) is 10.3. The Bertz CT molecular complexity index is 1640. The summed E-state index contributed by atoms with van der Waals surface area (Å²) in [6.07, 6.45) is 8.19. The smallest absolute Gasteiger partial charge is 0.277 e. The summed E-state index contributed by atoms with van der Waals surface area (Å²) in [6.45, 7) is 8.85. The van der Waals surface area contributed by atoms with Crippen LogP contribution in [0.1, 0.15) is 77.2 Å². The molecule has 4 rings (SSSR count). The molecule has 10 nitrogen and oxygen atoms in total. The molecule has 0 saturated carbocycles. The number of aryl methyl sites for hydroxylation is 2. The van der Waals surface area contributed by atoms with Crippen molar-refractivity contribution in [3.63, 3.8) is 0 Å². The molecular weight excluding hydrogens is 554 g/mol. The molecule has 2 aromatic heterocycles. The minimum atomic E-state index is -3.97. The number of rotatable bonds is 16. The van der Waals surface area contributed by atoms with Crippen molar-refractivity contribution < 1.29 is 17.9 Å². The van der Waals surface area contributed by atoms with Crippen LogP contribution in [0.5, 0.6) is 11.5 Å². The number of aromatic nitrogens is 4. The molecule has 2 heterocycles. The maximum Gasteiger partial charge on any atom is 0.277 e. The van der Waals surface area contributed by atoms with Gasteiger partial charge in [0.2, 0.25) is 0 Å². The predicted molar refractivity (Wildman–Crippen MR) is 165 cm³/mol. The first-order valence-electron chi connectivity index (χ1n) is 14.8. The molecule has 0 saturated heterocycles. The minimum absolute atomic E-state index is 0.00457. The van der Waals surface area contributed by atoms with Crippen molar-refractivity contribution in [3.05, 3.63) is 64.3 Å². The van der Waals surface area contributed by atoms with Crippen LogP contribution in [0.3, 0.4) is 0 Å². The summed E-state index contributed by atoms with van der Waals surface area (Å²) >= 11 is 0.